The number of carbonyl (C=O) groups is 3. The molecule has 0 saturated carbocycles. The van der Waals surface area contributed by atoms with Gasteiger partial charge in [0.25, 0.3) is 5.91 Å². The summed E-state index contributed by atoms with van der Waals surface area (Å²) in [5.74, 6) is -1.93. The molecule has 0 aliphatic heterocycles. The Morgan fingerprint density at radius 1 is 1.14 bits per heavy atom. The second-order valence-corrected chi connectivity index (χ2v) is 5.45. The third kappa shape index (κ3) is 5.24. The zero-order valence-corrected chi connectivity index (χ0v) is 12.9. The minimum atomic E-state index is -1.16. The molecule has 0 saturated heterocycles. The van der Waals surface area contributed by atoms with E-state index in [9.17, 15) is 14.4 Å². The van der Waals surface area contributed by atoms with Crippen LogP contribution in [0.2, 0.25) is 10.0 Å². The van der Waals surface area contributed by atoms with Gasteiger partial charge in [0.2, 0.25) is 0 Å². The maximum atomic E-state index is 12.0. The van der Waals surface area contributed by atoms with Crippen molar-refractivity contribution in [3.8, 4) is 0 Å². The maximum Gasteiger partial charge on any atom is 0.339 e. The molecule has 0 aliphatic carbocycles. The number of amides is 3. The molecule has 0 aliphatic rings. The Hall–Kier alpha value is -1.79. The van der Waals surface area contributed by atoms with Gasteiger partial charge in [-0.2, -0.15) is 0 Å². The summed E-state index contributed by atoms with van der Waals surface area (Å²) >= 11 is 11.6. The molecule has 8 heteroatoms. The van der Waals surface area contributed by atoms with Crippen LogP contribution in [0.4, 0.5) is 4.79 Å². The molecule has 6 nitrogen and oxygen atoms in total. The first kappa shape index (κ1) is 17.3. The minimum Gasteiger partial charge on any atom is -0.448 e. The molecule has 1 aromatic rings. The molecule has 3 N–H and O–H groups in total. The molecule has 3 amide bonds. The fraction of sp³-hybridized carbons (Fsp3) is 0.308. The molecular weight excluding hydrogens is 319 g/mol. The van der Waals surface area contributed by atoms with E-state index in [4.69, 9.17) is 33.7 Å². The first-order valence-electron chi connectivity index (χ1n) is 5.98. The number of halogens is 2. The standard InChI is InChI=1S/C13H14Cl2N2O4/c1-6(2)10(11(18)17-13(16)20)21-12(19)7-3-8(14)5-9(15)4-7/h3-6,10H,1-2H3,(H3,16,17,18,20)/t10-/m1/s1. The van der Waals surface area contributed by atoms with Crippen LogP contribution in [0.1, 0.15) is 24.2 Å². The zero-order chi connectivity index (χ0) is 16.2. The predicted molar refractivity (Wildman–Crippen MR) is 78.2 cm³/mol. The van der Waals surface area contributed by atoms with Crippen LogP contribution >= 0.6 is 23.2 Å². The Balaban J connectivity index is 2.90. The number of benzene rings is 1. The first-order valence-corrected chi connectivity index (χ1v) is 6.73. The fourth-order valence-corrected chi connectivity index (χ4v) is 2.07. The topological polar surface area (TPSA) is 98.5 Å². The number of esters is 1. The quantitative estimate of drug-likeness (QED) is 0.827. The number of rotatable bonds is 4. The summed E-state index contributed by atoms with van der Waals surface area (Å²) in [6, 6.07) is 3.16. The third-order valence-corrected chi connectivity index (χ3v) is 2.88. The molecule has 1 atom stereocenters. The highest BCUT2D eigenvalue weighted by Crippen LogP contribution is 2.20. The zero-order valence-electron chi connectivity index (χ0n) is 11.4. The van der Waals surface area contributed by atoms with E-state index in [0.29, 0.717) is 0 Å². The largest absolute Gasteiger partial charge is 0.448 e. The molecule has 0 unspecified atom stereocenters. The lowest BCUT2D eigenvalue weighted by atomic mass is 10.1. The van der Waals surface area contributed by atoms with Crippen LogP contribution in [0.5, 0.6) is 0 Å². The number of hydrogen-bond acceptors (Lipinski definition) is 4. The molecule has 114 valence electrons. The van der Waals surface area contributed by atoms with Gasteiger partial charge in [-0.15, -0.1) is 0 Å². The van der Waals surface area contributed by atoms with Crippen molar-refractivity contribution in [3.63, 3.8) is 0 Å². The number of carbonyl (C=O) groups excluding carboxylic acids is 3. The normalized spacial score (nSPS) is 11.9. The second-order valence-electron chi connectivity index (χ2n) is 4.58. The van der Waals surface area contributed by atoms with Crippen molar-refractivity contribution in [2.45, 2.75) is 20.0 Å². The summed E-state index contributed by atoms with van der Waals surface area (Å²) in [4.78, 5) is 34.5. The second kappa shape index (κ2) is 7.28. The predicted octanol–water partition coefficient (Wildman–Crippen LogP) is 2.37. The smallest absolute Gasteiger partial charge is 0.339 e. The Kier molecular flexibility index (Phi) is 5.99. The van der Waals surface area contributed by atoms with Crippen molar-refractivity contribution >= 4 is 41.1 Å². The first-order chi connectivity index (χ1) is 9.70. The summed E-state index contributed by atoms with van der Waals surface area (Å²) in [5, 5.41) is 2.40. The summed E-state index contributed by atoms with van der Waals surface area (Å²) in [5.41, 5.74) is 4.97. The number of nitrogens with one attached hydrogen (secondary N) is 1. The van der Waals surface area contributed by atoms with Gasteiger partial charge >= 0.3 is 12.0 Å². The number of nitrogens with two attached hydrogens (primary N) is 1. The lowest BCUT2D eigenvalue weighted by Gasteiger charge is -2.19. The van der Waals surface area contributed by atoms with Crippen LogP contribution in [0.3, 0.4) is 0 Å². The van der Waals surface area contributed by atoms with Crippen LogP contribution in [-0.2, 0) is 9.53 Å². The monoisotopic (exact) mass is 332 g/mol. The SMILES string of the molecule is CC(C)[C@@H](OC(=O)c1cc(Cl)cc(Cl)c1)C(=O)NC(N)=O. The van der Waals surface area contributed by atoms with Crippen molar-refractivity contribution in [2.24, 2.45) is 11.7 Å². The molecule has 0 heterocycles. The van der Waals surface area contributed by atoms with Crippen LogP contribution < -0.4 is 11.1 Å². The average Bonchev–Trinajstić information content (AvgIpc) is 2.32. The van der Waals surface area contributed by atoms with Gasteiger partial charge in [-0.1, -0.05) is 37.0 Å². The third-order valence-electron chi connectivity index (χ3n) is 2.44. The number of ether oxygens (including phenoxy) is 1. The average molecular weight is 333 g/mol. The van der Waals surface area contributed by atoms with Gasteiger partial charge in [-0.3, -0.25) is 10.1 Å². The van der Waals surface area contributed by atoms with E-state index in [0.717, 1.165) is 0 Å². The molecule has 0 fully saturated rings. The van der Waals surface area contributed by atoms with Crippen molar-refractivity contribution in [1.82, 2.24) is 5.32 Å². The highest BCUT2D eigenvalue weighted by molar-refractivity contribution is 6.35. The van der Waals surface area contributed by atoms with Crippen LogP contribution in [-0.4, -0.2) is 24.0 Å². The Bertz CT molecular complexity index is 555. The molecule has 21 heavy (non-hydrogen) atoms. The molecule has 1 rings (SSSR count). The van der Waals surface area contributed by atoms with E-state index < -0.39 is 24.0 Å². The number of hydrogen-bond donors (Lipinski definition) is 2. The van der Waals surface area contributed by atoms with E-state index in [2.05, 4.69) is 0 Å². The minimum absolute atomic E-state index is 0.102. The summed E-state index contributed by atoms with van der Waals surface area (Å²) in [6.45, 7) is 3.31. The van der Waals surface area contributed by atoms with Crippen molar-refractivity contribution in [3.05, 3.63) is 33.8 Å². The maximum absolute atomic E-state index is 12.0. The Morgan fingerprint density at radius 3 is 2.10 bits per heavy atom. The van der Waals surface area contributed by atoms with Gasteiger partial charge in [-0.05, 0) is 24.1 Å². The van der Waals surface area contributed by atoms with Crippen molar-refractivity contribution in [1.29, 1.82) is 0 Å². The fourth-order valence-electron chi connectivity index (χ4n) is 1.54. The number of primary amides is 1. The van der Waals surface area contributed by atoms with E-state index in [-0.39, 0.29) is 21.5 Å². The molecule has 0 radical (unpaired) electrons. The van der Waals surface area contributed by atoms with Gasteiger partial charge in [0.15, 0.2) is 6.10 Å². The van der Waals surface area contributed by atoms with Gasteiger partial charge in [0.1, 0.15) is 0 Å². The van der Waals surface area contributed by atoms with Gasteiger partial charge in [0.05, 0.1) is 5.56 Å². The van der Waals surface area contributed by atoms with E-state index in [1.807, 2.05) is 5.32 Å². The molecule has 0 bridgehead atoms. The van der Waals surface area contributed by atoms with Crippen LogP contribution in [0.15, 0.2) is 18.2 Å². The van der Waals surface area contributed by atoms with E-state index in [1.54, 1.807) is 13.8 Å². The summed E-state index contributed by atoms with van der Waals surface area (Å²) in [6.07, 6.45) is -1.16. The van der Waals surface area contributed by atoms with Gasteiger partial charge in [0, 0.05) is 10.0 Å². The van der Waals surface area contributed by atoms with E-state index in [1.165, 1.54) is 18.2 Å². The van der Waals surface area contributed by atoms with Gasteiger partial charge in [-0.25, -0.2) is 9.59 Å². The van der Waals surface area contributed by atoms with Crippen molar-refractivity contribution < 1.29 is 19.1 Å². The molecule has 1 aromatic carbocycles. The van der Waals surface area contributed by atoms with Gasteiger partial charge < -0.3 is 10.5 Å². The molecule has 0 aromatic heterocycles. The molecule has 0 spiro atoms. The van der Waals surface area contributed by atoms with Crippen molar-refractivity contribution in [2.75, 3.05) is 0 Å². The molecular formula is C13H14Cl2N2O4. The highest BCUT2D eigenvalue weighted by atomic mass is 35.5. The summed E-state index contributed by atoms with van der Waals surface area (Å²) < 4.78 is 5.09. The summed E-state index contributed by atoms with van der Waals surface area (Å²) in [7, 11) is 0. The van der Waals surface area contributed by atoms with Crippen LogP contribution in [0.25, 0.3) is 0 Å². The highest BCUT2D eigenvalue weighted by Gasteiger charge is 2.28. The lowest BCUT2D eigenvalue weighted by molar-refractivity contribution is -0.130. The van der Waals surface area contributed by atoms with E-state index >= 15 is 0 Å². The number of urea groups is 1. The Labute approximate surface area is 131 Å². The number of imide groups is 1. The Morgan fingerprint density at radius 2 is 1.67 bits per heavy atom. The van der Waals surface area contributed by atoms with Crippen LogP contribution in [0, 0.1) is 5.92 Å². The lowest BCUT2D eigenvalue weighted by Crippen LogP contribution is -2.45.